The quantitative estimate of drug-likeness (QED) is 0.807. The predicted octanol–water partition coefficient (Wildman–Crippen LogP) is 1.85. The average Bonchev–Trinajstić information content (AvgIpc) is 2.42. The molecule has 1 aromatic rings. The zero-order valence-corrected chi connectivity index (χ0v) is 11.0. The van der Waals surface area contributed by atoms with Gasteiger partial charge < -0.3 is 15.8 Å². The van der Waals surface area contributed by atoms with Crippen molar-refractivity contribution in [2.75, 3.05) is 19.7 Å². The molecule has 3 heteroatoms. The lowest BCUT2D eigenvalue weighted by Gasteiger charge is -2.23. The van der Waals surface area contributed by atoms with Crippen LogP contribution in [0.1, 0.15) is 30.4 Å². The van der Waals surface area contributed by atoms with E-state index in [2.05, 4.69) is 29.6 Å². The normalized spacial score (nSPS) is 19.9. The van der Waals surface area contributed by atoms with Gasteiger partial charge in [0.2, 0.25) is 0 Å². The Morgan fingerprint density at radius 2 is 2.06 bits per heavy atom. The highest BCUT2D eigenvalue weighted by atomic mass is 16.5. The maximum atomic E-state index is 5.71. The van der Waals surface area contributed by atoms with Crippen molar-refractivity contribution in [2.24, 2.45) is 5.73 Å². The van der Waals surface area contributed by atoms with Gasteiger partial charge in [-0.05, 0) is 43.4 Å². The summed E-state index contributed by atoms with van der Waals surface area (Å²) in [7, 11) is 0. The largest absolute Gasteiger partial charge is 0.377 e. The molecule has 1 aromatic carbocycles. The van der Waals surface area contributed by atoms with E-state index in [9.17, 15) is 0 Å². The lowest BCUT2D eigenvalue weighted by Crippen LogP contribution is -2.31. The van der Waals surface area contributed by atoms with Crippen LogP contribution in [0.15, 0.2) is 24.3 Å². The van der Waals surface area contributed by atoms with E-state index in [1.54, 1.807) is 0 Å². The van der Waals surface area contributed by atoms with E-state index in [4.69, 9.17) is 10.5 Å². The summed E-state index contributed by atoms with van der Waals surface area (Å²) in [5, 5.41) is 3.50. The van der Waals surface area contributed by atoms with E-state index in [1.165, 1.54) is 30.4 Å². The van der Waals surface area contributed by atoms with Gasteiger partial charge >= 0.3 is 0 Å². The van der Waals surface area contributed by atoms with Gasteiger partial charge in [0.15, 0.2) is 0 Å². The second-order valence-electron chi connectivity index (χ2n) is 4.93. The van der Waals surface area contributed by atoms with Gasteiger partial charge in [0.25, 0.3) is 0 Å². The Morgan fingerprint density at radius 3 is 2.78 bits per heavy atom. The molecule has 0 aromatic heterocycles. The molecule has 0 amide bonds. The first-order valence-electron chi connectivity index (χ1n) is 6.99. The molecule has 18 heavy (non-hydrogen) atoms. The van der Waals surface area contributed by atoms with E-state index in [0.29, 0.717) is 12.6 Å². The minimum atomic E-state index is 0.403. The zero-order chi connectivity index (χ0) is 12.6. The maximum absolute atomic E-state index is 5.71. The number of rotatable bonds is 6. The van der Waals surface area contributed by atoms with E-state index >= 15 is 0 Å². The molecule has 3 N–H and O–H groups in total. The molecule has 0 spiro atoms. The molecule has 1 heterocycles. The van der Waals surface area contributed by atoms with Gasteiger partial charge in [0.1, 0.15) is 0 Å². The number of benzene rings is 1. The first-order valence-corrected chi connectivity index (χ1v) is 6.99. The van der Waals surface area contributed by atoms with E-state index in [1.807, 2.05) is 0 Å². The third kappa shape index (κ3) is 4.09. The van der Waals surface area contributed by atoms with Crippen molar-refractivity contribution >= 4 is 0 Å². The third-order valence-corrected chi connectivity index (χ3v) is 3.49. The molecule has 1 aliphatic heterocycles. The molecule has 3 nitrogen and oxygen atoms in total. The van der Waals surface area contributed by atoms with Crippen molar-refractivity contribution in [1.82, 2.24) is 5.32 Å². The van der Waals surface area contributed by atoms with Crippen molar-refractivity contribution in [3.63, 3.8) is 0 Å². The van der Waals surface area contributed by atoms with Crippen LogP contribution in [0.25, 0.3) is 0 Å². The SMILES string of the molecule is NCCc1ccccc1CNCC1CCCCO1. The Balaban J connectivity index is 1.78. The fourth-order valence-electron chi connectivity index (χ4n) is 2.47. The fourth-order valence-corrected chi connectivity index (χ4v) is 2.47. The Bertz CT molecular complexity index is 348. The van der Waals surface area contributed by atoms with E-state index in [-0.39, 0.29) is 0 Å². The summed E-state index contributed by atoms with van der Waals surface area (Å²) < 4.78 is 5.71. The van der Waals surface area contributed by atoms with Crippen LogP contribution < -0.4 is 11.1 Å². The molecular weight excluding hydrogens is 224 g/mol. The summed E-state index contributed by atoms with van der Waals surface area (Å²) in [5.74, 6) is 0. The Kier molecular flexibility index (Phi) is 5.65. The number of ether oxygens (including phenoxy) is 1. The maximum Gasteiger partial charge on any atom is 0.0699 e. The molecule has 1 saturated heterocycles. The van der Waals surface area contributed by atoms with Crippen molar-refractivity contribution in [2.45, 2.75) is 38.3 Å². The molecule has 1 atom stereocenters. The Hall–Kier alpha value is -0.900. The van der Waals surface area contributed by atoms with Crippen LogP contribution >= 0.6 is 0 Å². The lowest BCUT2D eigenvalue weighted by atomic mass is 10.0. The lowest BCUT2D eigenvalue weighted by molar-refractivity contribution is 0.0168. The predicted molar refractivity (Wildman–Crippen MR) is 74.5 cm³/mol. The second-order valence-corrected chi connectivity index (χ2v) is 4.93. The summed E-state index contributed by atoms with van der Waals surface area (Å²) in [6, 6.07) is 8.52. The van der Waals surface area contributed by atoms with Gasteiger partial charge in [-0.1, -0.05) is 24.3 Å². The second kappa shape index (κ2) is 7.52. The molecule has 1 unspecified atom stereocenters. The van der Waals surface area contributed by atoms with Gasteiger partial charge in [-0.25, -0.2) is 0 Å². The topological polar surface area (TPSA) is 47.3 Å². The van der Waals surface area contributed by atoms with Gasteiger partial charge in [-0.15, -0.1) is 0 Å². The van der Waals surface area contributed by atoms with Crippen LogP contribution in [0.5, 0.6) is 0 Å². The van der Waals surface area contributed by atoms with Crippen molar-refractivity contribution in [3.05, 3.63) is 35.4 Å². The summed E-state index contributed by atoms with van der Waals surface area (Å²) in [4.78, 5) is 0. The molecule has 0 aliphatic carbocycles. The van der Waals surface area contributed by atoms with Crippen LogP contribution in [0, 0.1) is 0 Å². The molecule has 0 saturated carbocycles. The van der Waals surface area contributed by atoms with E-state index < -0.39 is 0 Å². The molecule has 0 radical (unpaired) electrons. The number of hydrogen-bond donors (Lipinski definition) is 2. The van der Waals surface area contributed by atoms with Gasteiger partial charge in [-0.2, -0.15) is 0 Å². The number of nitrogens with two attached hydrogens (primary N) is 1. The summed E-state index contributed by atoms with van der Waals surface area (Å²) in [6.45, 7) is 3.51. The summed E-state index contributed by atoms with van der Waals surface area (Å²) >= 11 is 0. The van der Waals surface area contributed by atoms with Crippen LogP contribution in [0.3, 0.4) is 0 Å². The van der Waals surface area contributed by atoms with Crippen molar-refractivity contribution in [3.8, 4) is 0 Å². The molecule has 1 aliphatic rings. The fraction of sp³-hybridized carbons (Fsp3) is 0.600. The highest BCUT2D eigenvalue weighted by molar-refractivity contribution is 5.27. The zero-order valence-electron chi connectivity index (χ0n) is 11.0. The van der Waals surface area contributed by atoms with Crippen LogP contribution in [-0.2, 0) is 17.7 Å². The smallest absolute Gasteiger partial charge is 0.0699 e. The standard InChI is InChI=1S/C15H24N2O/c16-9-8-13-5-1-2-6-14(13)11-17-12-15-7-3-4-10-18-15/h1-2,5-6,15,17H,3-4,7-12,16H2. The number of hydrogen-bond acceptors (Lipinski definition) is 3. The Labute approximate surface area is 110 Å². The van der Waals surface area contributed by atoms with Gasteiger partial charge in [-0.3, -0.25) is 0 Å². The summed E-state index contributed by atoms with van der Waals surface area (Å²) in [5.41, 5.74) is 8.35. The van der Waals surface area contributed by atoms with Gasteiger partial charge in [0, 0.05) is 19.7 Å². The van der Waals surface area contributed by atoms with Crippen molar-refractivity contribution < 1.29 is 4.74 Å². The Morgan fingerprint density at radius 1 is 1.22 bits per heavy atom. The minimum absolute atomic E-state index is 0.403. The van der Waals surface area contributed by atoms with E-state index in [0.717, 1.165) is 26.1 Å². The number of nitrogens with one attached hydrogen (secondary N) is 1. The highest BCUT2D eigenvalue weighted by Crippen LogP contribution is 2.12. The third-order valence-electron chi connectivity index (χ3n) is 3.49. The molecule has 2 rings (SSSR count). The van der Waals surface area contributed by atoms with Crippen molar-refractivity contribution in [1.29, 1.82) is 0 Å². The van der Waals surface area contributed by atoms with Crippen LogP contribution in [0.2, 0.25) is 0 Å². The molecular formula is C15H24N2O. The van der Waals surface area contributed by atoms with Crippen LogP contribution in [-0.4, -0.2) is 25.8 Å². The average molecular weight is 248 g/mol. The molecule has 1 fully saturated rings. The van der Waals surface area contributed by atoms with Gasteiger partial charge in [0.05, 0.1) is 6.10 Å². The minimum Gasteiger partial charge on any atom is -0.377 e. The highest BCUT2D eigenvalue weighted by Gasteiger charge is 2.13. The molecule has 0 bridgehead atoms. The first-order chi connectivity index (χ1) is 8.90. The molecule has 100 valence electrons. The van der Waals surface area contributed by atoms with Crippen LogP contribution in [0.4, 0.5) is 0 Å². The first kappa shape index (κ1) is 13.5. The summed E-state index contributed by atoms with van der Waals surface area (Å²) in [6.07, 6.45) is 5.07. The monoisotopic (exact) mass is 248 g/mol.